The molecule has 1 rings (SSSR count). The first-order valence-electron chi connectivity index (χ1n) is 7.87. The van der Waals surface area contributed by atoms with Crippen LogP contribution in [0.1, 0.15) is 76.7 Å². The summed E-state index contributed by atoms with van der Waals surface area (Å²) in [7, 11) is 0. The maximum atomic E-state index is 12.3. The Bertz CT molecular complexity index is 342. The zero-order valence-electron chi connectivity index (χ0n) is 12.5. The Morgan fingerprint density at radius 3 is 2.21 bits per heavy atom. The summed E-state index contributed by atoms with van der Waals surface area (Å²) in [4.78, 5) is 12.3. The largest absolute Gasteiger partial charge is 0.299 e. The van der Waals surface area contributed by atoms with Crippen molar-refractivity contribution in [3.63, 3.8) is 0 Å². The number of carbonyl (C=O) groups excluding carboxylic acids is 1. The van der Waals surface area contributed by atoms with Crippen molar-refractivity contribution in [1.29, 1.82) is 0 Å². The zero-order chi connectivity index (χ0) is 13.9. The molecule has 0 amide bonds. The predicted molar refractivity (Wildman–Crippen MR) is 82.5 cm³/mol. The lowest BCUT2D eigenvalue weighted by molar-refractivity contribution is -0.120. The van der Waals surface area contributed by atoms with Crippen LogP contribution in [0, 0.1) is 0 Å². The van der Waals surface area contributed by atoms with Gasteiger partial charge in [-0.25, -0.2) is 0 Å². The van der Waals surface area contributed by atoms with Crippen LogP contribution >= 0.6 is 0 Å². The van der Waals surface area contributed by atoms with Crippen molar-refractivity contribution in [2.45, 2.75) is 71.1 Å². The summed E-state index contributed by atoms with van der Waals surface area (Å²) in [6.07, 6.45) is 9.14. The second-order valence-corrected chi connectivity index (χ2v) is 5.36. The van der Waals surface area contributed by atoms with Crippen molar-refractivity contribution in [2.75, 3.05) is 0 Å². The fraction of sp³-hybridized carbons (Fsp3) is 0.611. The highest BCUT2D eigenvalue weighted by molar-refractivity contribution is 5.85. The number of unbranched alkanes of at least 4 members (excludes halogenated alkanes) is 5. The molecule has 0 aliphatic rings. The van der Waals surface area contributed by atoms with Gasteiger partial charge in [-0.1, -0.05) is 76.3 Å². The molecule has 0 aromatic heterocycles. The van der Waals surface area contributed by atoms with E-state index in [2.05, 4.69) is 26.0 Å². The molecule has 0 N–H and O–H groups in total. The van der Waals surface area contributed by atoms with E-state index in [9.17, 15) is 4.79 Å². The summed E-state index contributed by atoms with van der Waals surface area (Å²) in [5.74, 6) is 0.529. The molecule has 0 bridgehead atoms. The van der Waals surface area contributed by atoms with Gasteiger partial charge in [0.15, 0.2) is 0 Å². The lowest BCUT2D eigenvalue weighted by Crippen LogP contribution is -2.11. The molecule has 0 heterocycles. The number of hydrogen-bond donors (Lipinski definition) is 0. The SMILES string of the molecule is CCCCCCCCC(=O)C(CC)c1ccccc1. The molecule has 0 aliphatic heterocycles. The first kappa shape index (κ1) is 15.9. The van der Waals surface area contributed by atoms with Crippen LogP contribution in [-0.4, -0.2) is 5.78 Å². The lowest BCUT2D eigenvalue weighted by Gasteiger charge is -2.14. The number of hydrogen-bond acceptors (Lipinski definition) is 1. The Morgan fingerprint density at radius 2 is 1.58 bits per heavy atom. The number of ketones is 1. The number of rotatable bonds is 10. The van der Waals surface area contributed by atoms with E-state index in [0.29, 0.717) is 5.78 Å². The van der Waals surface area contributed by atoms with Gasteiger partial charge in [0.1, 0.15) is 5.78 Å². The van der Waals surface area contributed by atoms with Crippen LogP contribution in [0.3, 0.4) is 0 Å². The quantitative estimate of drug-likeness (QED) is 0.508. The van der Waals surface area contributed by atoms with E-state index >= 15 is 0 Å². The molecule has 1 aromatic rings. The lowest BCUT2D eigenvalue weighted by atomic mass is 9.89. The molecule has 1 aromatic carbocycles. The minimum absolute atomic E-state index is 0.108. The van der Waals surface area contributed by atoms with Gasteiger partial charge in [-0.3, -0.25) is 4.79 Å². The summed E-state index contributed by atoms with van der Waals surface area (Å²) in [6.45, 7) is 4.34. The van der Waals surface area contributed by atoms with E-state index in [-0.39, 0.29) is 5.92 Å². The fourth-order valence-electron chi connectivity index (χ4n) is 2.59. The molecule has 0 aliphatic carbocycles. The minimum Gasteiger partial charge on any atom is -0.299 e. The van der Waals surface area contributed by atoms with Crippen molar-refractivity contribution >= 4 is 5.78 Å². The second-order valence-electron chi connectivity index (χ2n) is 5.36. The Labute approximate surface area is 118 Å². The number of carbonyl (C=O) groups is 1. The van der Waals surface area contributed by atoms with Crippen molar-refractivity contribution in [3.8, 4) is 0 Å². The molecule has 1 atom stereocenters. The van der Waals surface area contributed by atoms with E-state index in [1.54, 1.807) is 0 Å². The molecule has 1 unspecified atom stereocenters. The third kappa shape index (κ3) is 6.04. The van der Waals surface area contributed by atoms with Gasteiger partial charge in [-0.15, -0.1) is 0 Å². The molecule has 0 saturated carbocycles. The minimum atomic E-state index is 0.108. The summed E-state index contributed by atoms with van der Waals surface area (Å²) in [5, 5.41) is 0. The maximum absolute atomic E-state index is 12.3. The third-order valence-corrected chi connectivity index (χ3v) is 3.78. The van der Waals surface area contributed by atoms with Gasteiger partial charge in [-0.05, 0) is 18.4 Å². The standard InChI is InChI=1S/C18H28O/c1-3-5-6-7-8-12-15-18(19)17(4-2)16-13-10-9-11-14-16/h9-11,13-14,17H,3-8,12,15H2,1-2H3. The molecule has 0 saturated heterocycles. The normalized spacial score (nSPS) is 12.3. The molecule has 0 radical (unpaired) electrons. The van der Waals surface area contributed by atoms with E-state index < -0.39 is 0 Å². The second kappa shape index (κ2) is 9.77. The van der Waals surface area contributed by atoms with Crippen LogP contribution < -0.4 is 0 Å². The van der Waals surface area contributed by atoms with Crippen molar-refractivity contribution in [2.24, 2.45) is 0 Å². The highest BCUT2D eigenvalue weighted by Gasteiger charge is 2.17. The highest BCUT2D eigenvalue weighted by atomic mass is 16.1. The molecule has 0 spiro atoms. The van der Waals surface area contributed by atoms with Gasteiger partial charge in [-0.2, -0.15) is 0 Å². The van der Waals surface area contributed by atoms with Crippen LogP contribution in [0.5, 0.6) is 0 Å². The molecule has 1 nitrogen and oxygen atoms in total. The van der Waals surface area contributed by atoms with Gasteiger partial charge in [0, 0.05) is 12.3 Å². The first-order valence-corrected chi connectivity index (χ1v) is 7.87. The fourth-order valence-corrected chi connectivity index (χ4v) is 2.59. The van der Waals surface area contributed by atoms with Crippen LogP contribution in [0.15, 0.2) is 30.3 Å². The Balaban J connectivity index is 2.31. The van der Waals surface area contributed by atoms with Crippen LogP contribution in [0.25, 0.3) is 0 Å². The van der Waals surface area contributed by atoms with Crippen molar-refractivity contribution in [3.05, 3.63) is 35.9 Å². The third-order valence-electron chi connectivity index (χ3n) is 3.78. The maximum Gasteiger partial charge on any atom is 0.140 e. The van der Waals surface area contributed by atoms with Gasteiger partial charge < -0.3 is 0 Å². The Kier molecular flexibility index (Phi) is 8.20. The summed E-state index contributed by atoms with van der Waals surface area (Å²) in [6, 6.07) is 10.2. The zero-order valence-corrected chi connectivity index (χ0v) is 12.5. The van der Waals surface area contributed by atoms with Gasteiger partial charge >= 0.3 is 0 Å². The highest BCUT2D eigenvalue weighted by Crippen LogP contribution is 2.22. The smallest absolute Gasteiger partial charge is 0.140 e. The van der Waals surface area contributed by atoms with E-state index in [0.717, 1.165) is 19.3 Å². The van der Waals surface area contributed by atoms with Crippen LogP contribution in [-0.2, 0) is 4.79 Å². The average Bonchev–Trinajstić information content (AvgIpc) is 2.45. The Morgan fingerprint density at radius 1 is 0.947 bits per heavy atom. The van der Waals surface area contributed by atoms with Gasteiger partial charge in [0.2, 0.25) is 0 Å². The van der Waals surface area contributed by atoms with E-state index in [4.69, 9.17) is 0 Å². The predicted octanol–water partition coefficient (Wildman–Crippen LogP) is 5.50. The van der Waals surface area contributed by atoms with Crippen molar-refractivity contribution < 1.29 is 4.79 Å². The summed E-state index contributed by atoms with van der Waals surface area (Å²) in [5.41, 5.74) is 1.18. The van der Waals surface area contributed by atoms with Crippen LogP contribution in [0.4, 0.5) is 0 Å². The molecular formula is C18H28O. The summed E-state index contributed by atoms with van der Waals surface area (Å²) < 4.78 is 0. The molecule has 19 heavy (non-hydrogen) atoms. The molecular weight excluding hydrogens is 232 g/mol. The summed E-state index contributed by atoms with van der Waals surface area (Å²) >= 11 is 0. The topological polar surface area (TPSA) is 17.1 Å². The first-order chi connectivity index (χ1) is 9.29. The Hall–Kier alpha value is -1.11. The molecule has 106 valence electrons. The number of benzene rings is 1. The molecule has 0 fully saturated rings. The van der Waals surface area contributed by atoms with Crippen molar-refractivity contribution in [1.82, 2.24) is 0 Å². The number of Topliss-reactive ketones (excluding diaryl/α,β-unsaturated/α-hetero) is 1. The average molecular weight is 260 g/mol. The van der Waals surface area contributed by atoms with E-state index in [1.807, 2.05) is 18.2 Å². The van der Waals surface area contributed by atoms with Gasteiger partial charge in [0.05, 0.1) is 0 Å². The molecule has 1 heteroatoms. The van der Waals surface area contributed by atoms with E-state index in [1.165, 1.54) is 37.7 Å². The monoisotopic (exact) mass is 260 g/mol. The van der Waals surface area contributed by atoms with Crippen LogP contribution in [0.2, 0.25) is 0 Å². The van der Waals surface area contributed by atoms with Gasteiger partial charge in [0.25, 0.3) is 0 Å².